The largest absolute Gasteiger partial charge is 0.345 e. The van der Waals surface area contributed by atoms with E-state index >= 15 is 0 Å². The minimum atomic E-state index is -0.115. The summed E-state index contributed by atoms with van der Waals surface area (Å²) in [6.07, 6.45) is 8.43. The standard InChI is InChI=1S/C29H43ClN4O2/c1-5-23(4)34(29(36)31-25-13-7-6-8-14-25)21-28(35)33(18-22(2)3)20-26-15-11-17-32(26)19-24-12-9-10-16-27(24)30/h9-12,15-17,22-23,25H,5-8,13-14,18-21H2,1-4H3,(H,31,36). The number of hydrogen-bond donors (Lipinski definition) is 1. The number of halogens is 1. The van der Waals surface area contributed by atoms with Crippen LogP contribution in [0.25, 0.3) is 0 Å². The van der Waals surface area contributed by atoms with Crippen molar-refractivity contribution in [3.63, 3.8) is 0 Å². The fourth-order valence-electron chi connectivity index (χ4n) is 4.85. The number of nitrogens with zero attached hydrogens (tertiary/aromatic N) is 3. The first-order valence-corrected chi connectivity index (χ1v) is 13.9. The Kier molecular flexibility index (Phi) is 10.7. The van der Waals surface area contributed by atoms with Gasteiger partial charge in [0.05, 0.1) is 6.54 Å². The van der Waals surface area contributed by atoms with Gasteiger partial charge < -0.3 is 19.7 Å². The van der Waals surface area contributed by atoms with Crippen molar-refractivity contribution in [1.82, 2.24) is 19.7 Å². The minimum absolute atomic E-state index is 0.0116. The normalized spacial score (nSPS) is 15.1. The molecule has 6 nitrogen and oxygen atoms in total. The van der Waals surface area contributed by atoms with E-state index in [1.165, 1.54) is 6.42 Å². The molecule has 2 aromatic rings. The van der Waals surface area contributed by atoms with Gasteiger partial charge in [0.2, 0.25) is 5.91 Å². The molecule has 1 atom stereocenters. The monoisotopic (exact) mass is 514 g/mol. The van der Waals surface area contributed by atoms with Crippen molar-refractivity contribution in [2.24, 2.45) is 5.92 Å². The highest BCUT2D eigenvalue weighted by Crippen LogP contribution is 2.20. The maximum absolute atomic E-state index is 13.6. The van der Waals surface area contributed by atoms with Crippen LogP contribution in [0.4, 0.5) is 4.79 Å². The molecule has 1 N–H and O–H groups in total. The zero-order valence-corrected chi connectivity index (χ0v) is 23.1. The van der Waals surface area contributed by atoms with Crippen molar-refractivity contribution in [1.29, 1.82) is 0 Å². The van der Waals surface area contributed by atoms with Crippen LogP contribution in [0.5, 0.6) is 0 Å². The Morgan fingerprint density at radius 2 is 1.81 bits per heavy atom. The maximum atomic E-state index is 13.6. The summed E-state index contributed by atoms with van der Waals surface area (Å²) in [6, 6.07) is 12.0. The number of urea groups is 1. The van der Waals surface area contributed by atoms with Gasteiger partial charge in [-0.2, -0.15) is 0 Å². The average Bonchev–Trinajstić information content (AvgIpc) is 3.29. The summed E-state index contributed by atoms with van der Waals surface area (Å²) in [4.78, 5) is 30.5. The Morgan fingerprint density at radius 1 is 1.08 bits per heavy atom. The predicted molar refractivity (Wildman–Crippen MR) is 147 cm³/mol. The molecule has 1 fully saturated rings. The van der Waals surface area contributed by atoms with Gasteiger partial charge in [0.1, 0.15) is 6.54 Å². The fraction of sp³-hybridized carbons (Fsp3) is 0.586. The highest BCUT2D eigenvalue weighted by Gasteiger charge is 2.27. The number of hydrogen-bond acceptors (Lipinski definition) is 2. The molecule has 3 amide bonds. The number of rotatable bonds is 11. The molecule has 0 bridgehead atoms. The van der Waals surface area contributed by atoms with E-state index in [1.54, 1.807) is 4.90 Å². The molecule has 198 valence electrons. The summed E-state index contributed by atoms with van der Waals surface area (Å²) in [6.45, 7) is 10.2. The molecule has 1 unspecified atom stereocenters. The van der Waals surface area contributed by atoms with Crippen molar-refractivity contribution in [2.75, 3.05) is 13.1 Å². The van der Waals surface area contributed by atoms with Gasteiger partial charge in [0, 0.05) is 42.1 Å². The number of carbonyl (C=O) groups is 2. The molecule has 0 aliphatic heterocycles. The highest BCUT2D eigenvalue weighted by atomic mass is 35.5. The second kappa shape index (κ2) is 13.7. The van der Waals surface area contributed by atoms with E-state index in [0.717, 1.165) is 48.4 Å². The first-order chi connectivity index (χ1) is 17.3. The van der Waals surface area contributed by atoms with Gasteiger partial charge >= 0.3 is 6.03 Å². The second-order valence-corrected chi connectivity index (χ2v) is 11.0. The number of carbonyl (C=O) groups excluding carboxylic acids is 2. The summed E-state index contributed by atoms with van der Waals surface area (Å²) in [5, 5.41) is 3.94. The molecule has 1 aromatic heterocycles. The number of benzene rings is 1. The number of amides is 3. The van der Waals surface area contributed by atoms with Gasteiger partial charge in [0.15, 0.2) is 0 Å². The summed E-state index contributed by atoms with van der Waals surface area (Å²) >= 11 is 6.40. The minimum Gasteiger partial charge on any atom is -0.345 e. The molecule has 1 saturated carbocycles. The molecule has 1 aliphatic carbocycles. The molecule has 3 rings (SSSR count). The van der Waals surface area contributed by atoms with Crippen LogP contribution in [0.15, 0.2) is 42.6 Å². The zero-order chi connectivity index (χ0) is 26.1. The lowest BCUT2D eigenvalue weighted by Gasteiger charge is -2.34. The summed E-state index contributed by atoms with van der Waals surface area (Å²) in [5.74, 6) is 0.294. The third kappa shape index (κ3) is 8.02. The maximum Gasteiger partial charge on any atom is 0.318 e. The zero-order valence-electron chi connectivity index (χ0n) is 22.4. The van der Waals surface area contributed by atoms with Crippen LogP contribution >= 0.6 is 11.6 Å². The van der Waals surface area contributed by atoms with Crippen molar-refractivity contribution < 1.29 is 9.59 Å². The molecular formula is C29H43ClN4O2. The van der Waals surface area contributed by atoms with E-state index < -0.39 is 0 Å². The van der Waals surface area contributed by atoms with Crippen LogP contribution in [0, 0.1) is 5.92 Å². The van der Waals surface area contributed by atoms with Crippen molar-refractivity contribution in [3.05, 3.63) is 58.9 Å². The van der Waals surface area contributed by atoms with Gasteiger partial charge in [-0.25, -0.2) is 4.79 Å². The van der Waals surface area contributed by atoms with Crippen LogP contribution in [0.1, 0.15) is 77.5 Å². The Balaban J connectivity index is 1.73. The number of aromatic nitrogens is 1. The van der Waals surface area contributed by atoms with Gasteiger partial charge in [-0.1, -0.05) is 69.8 Å². The van der Waals surface area contributed by atoms with Crippen LogP contribution in [0.3, 0.4) is 0 Å². The lowest BCUT2D eigenvalue weighted by atomic mass is 9.96. The summed E-state index contributed by atoms with van der Waals surface area (Å²) < 4.78 is 2.14. The first-order valence-electron chi connectivity index (χ1n) is 13.5. The van der Waals surface area contributed by atoms with Gasteiger partial charge in [-0.3, -0.25) is 4.79 Å². The van der Waals surface area contributed by atoms with Crippen molar-refractivity contribution >= 4 is 23.5 Å². The topological polar surface area (TPSA) is 57.6 Å². The van der Waals surface area contributed by atoms with E-state index in [0.29, 0.717) is 25.6 Å². The average molecular weight is 515 g/mol. The lowest BCUT2D eigenvalue weighted by molar-refractivity contribution is -0.133. The molecule has 1 aromatic carbocycles. The fourth-order valence-corrected chi connectivity index (χ4v) is 5.04. The molecule has 1 aliphatic rings. The van der Waals surface area contributed by atoms with E-state index in [9.17, 15) is 9.59 Å². The van der Waals surface area contributed by atoms with Crippen LogP contribution in [-0.2, 0) is 17.9 Å². The van der Waals surface area contributed by atoms with E-state index in [4.69, 9.17) is 11.6 Å². The van der Waals surface area contributed by atoms with E-state index in [-0.39, 0.29) is 30.6 Å². The molecule has 0 radical (unpaired) electrons. The van der Waals surface area contributed by atoms with Gasteiger partial charge in [-0.05, 0) is 55.9 Å². The van der Waals surface area contributed by atoms with Crippen LogP contribution < -0.4 is 5.32 Å². The van der Waals surface area contributed by atoms with Gasteiger partial charge in [-0.15, -0.1) is 0 Å². The predicted octanol–water partition coefficient (Wildman–Crippen LogP) is 6.32. The SMILES string of the molecule is CCC(C)N(CC(=O)N(Cc1cccn1Cc1ccccc1Cl)CC(C)C)C(=O)NC1CCCCC1. The lowest BCUT2D eigenvalue weighted by Crippen LogP contribution is -2.52. The first kappa shape index (κ1) is 28.1. The van der Waals surface area contributed by atoms with Crippen LogP contribution in [0.2, 0.25) is 5.02 Å². The van der Waals surface area contributed by atoms with E-state index in [2.05, 4.69) is 36.7 Å². The highest BCUT2D eigenvalue weighted by molar-refractivity contribution is 6.31. The molecule has 0 spiro atoms. The smallest absolute Gasteiger partial charge is 0.318 e. The quantitative estimate of drug-likeness (QED) is 0.381. The Bertz CT molecular complexity index is 983. The molecule has 7 heteroatoms. The second-order valence-electron chi connectivity index (χ2n) is 10.6. The Hall–Kier alpha value is -2.47. The molecular weight excluding hydrogens is 472 g/mol. The van der Waals surface area contributed by atoms with Crippen molar-refractivity contribution in [2.45, 2.75) is 91.4 Å². The molecule has 36 heavy (non-hydrogen) atoms. The molecule has 1 heterocycles. The van der Waals surface area contributed by atoms with Crippen LogP contribution in [-0.4, -0.2) is 51.5 Å². The number of nitrogens with one attached hydrogen (secondary N) is 1. The summed E-state index contributed by atoms with van der Waals surface area (Å²) in [5.41, 5.74) is 2.09. The Morgan fingerprint density at radius 3 is 2.47 bits per heavy atom. The summed E-state index contributed by atoms with van der Waals surface area (Å²) in [7, 11) is 0. The molecule has 0 saturated heterocycles. The third-order valence-electron chi connectivity index (χ3n) is 7.14. The third-order valence-corrected chi connectivity index (χ3v) is 7.50. The Labute approximate surface area is 222 Å². The van der Waals surface area contributed by atoms with E-state index in [1.807, 2.05) is 48.4 Å². The van der Waals surface area contributed by atoms with Gasteiger partial charge in [0.25, 0.3) is 0 Å². The van der Waals surface area contributed by atoms with Crippen molar-refractivity contribution in [3.8, 4) is 0 Å².